The Balaban J connectivity index is 3.16. The lowest BCUT2D eigenvalue weighted by Gasteiger charge is -2.09. The van der Waals surface area contributed by atoms with Crippen molar-refractivity contribution in [3.63, 3.8) is 0 Å². The van der Waals surface area contributed by atoms with Gasteiger partial charge in [0.15, 0.2) is 22.9 Å². The summed E-state index contributed by atoms with van der Waals surface area (Å²) >= 11 is 0. The van der Waals surface area contributed by atoms with E-state index in [-0.39, 0.29) is 19.0 Å². The van der Waals surface area contributed by atoms with Gasteiger partial charge in [0.25, 0.3) is 5.95 Å². The minimum absolute atomic E-state index is 0.0965. The molecule has 0 aliphatic rings. The van der Waals surface area contributed by atoms with Crippen LogP contribution in [-0.2, 0) is 14.3 Å². The molecule has 0 aliphatic carbocycles. The van der Waals surface area contributed by atoms with Crippen molar-refractivity contribution in [2.75, 3.05) is 27.4 Å². The molecule has 1 aromatic carbocycles. The molecule has 0 saturated heterocycles. The molecule has 0 fully saturated rings. The van der Waals surface area contributed by atoms with Crippen molar-refractivity contribution in [2.45, 2.75) is 13.8 Å². The van der Waals surface area contributed by atoms with Crippen LogP contribution in [0.25, 0.3) is 0 Å². The number of esters is 1. The third-order valence-corrected chi connectivity index (χ3v) is 3.03. The first-order valence-corrected chi connectivity index (χ1v) is 7.81. The summed E-state index contributed by atoms with van der Waals surface area (Å²) in [5, 5.41) is 17.4. The van der Waals surface area contributed by atoms with Crippen LogP contribution in [-0.4, -0.2) is 50.6 Å². The van der Waals surface area contributed by atoms with E-state index in [4.69, 9.17) is 24.7 Å². The van der Waals surface area contributed by atoms with Crippen molar-refractivity contribution in [3.05, 3.63) is 35.3 Å². The Labute approximate surface area is 151 Å². The summed E-state index contributed by atoms with van der Waals surface area (Å²) < 4.78 is 20.2. The molecule has 0 heterocycles. The van der Waals surface area contributed by atoms with Crippen molar-refractivity contribution in [1.29, 1.82) is 0 Å². The van der Waals surface area contributed by atoms with Crippen LogP contribution in [0, 0.1) is 0 Å². The molecule has 0 bridgehead atoms. The van der Waals surface area contributed by atoms with Crippen molar-refractivity contribution >= 4 is 18.0 Å². The van der Waals surface area contributed by atoms with Crippen molar-refractivity contribution in [2.24, 2.45) is 15.9 Å². The molecule has 0 amide bonds. The second-order valence-electron chi connectivity index (χ2n) is 4.65. The van der Waals surface area contributed by atoms with Gasteiger partial charge in [-0.25, -0.2) is 4.79 Å². The Kier molecular flexibility index (Phi) is 8.48. The molecular formula is C17H23N3O6. The second-order valence-corrected chi connectivity index (χ2v) is 4.65. The fourth-order valence-corrected chi connectivity index (χ4v) is 1.93. The molecule has 9 heteroatoms. The molecule has 9 nitrogen and oxygen atoms in total. The number of nitrogens with zero attached hydrogens (tertiary/aromatic N) is 2. The molecule has 26 heavy (non-hydrogen) atoms. The molecule has 0 radical (unpaired) electrons. The van der Waals surface area contributed by atoms with Gasteiger partial charge in [-0.3, -0.25) is 0 Å². The standard InChI is InChI=1S/C17H23N3O6/c1-5-25-16(21)13(17(22)26-6-2)15(18)20-19-10-11-8-7-9-12(23-3)14(11)24-4/h7-10,21H,5-6H2,1-4H3,(H2,18,20)/b16-13-,19-10?. The van der Waals surface area contributed by atoms with Crippen LogP contribution in [0.3, 0.4) is 0 Å². The average Bonchev–Trinajstić information content (AvgIpc) is 2.62. The minimum atomic E-state index is -0.867. The topological polar surface area (TPSA) is 125 Å². The molecule has 0 saturated carbocycles. The summed E-state index contributed by atoms with van der Waals surface area (Å²) in [4.78, 5) is 11.9. The van der Waals surface area contributed by atoms with Gasteiger partial charge in [-0.2, -0.15) is 5.10 Å². The number of benzene rings is 1. The zero-order valence-electron chi connectivity index (χ0n) is 15.2. The molecule has 0 unspecified atom stereocenters. The maximum atomic E-state index is 11.9. The number of para-hydroxylation sites is 1. The van der Waals surface area contributed by atoms with Gasteiger partial charge in [0, 0.05) is 5.56 Å². The van der Waals surface area contributed by atoms with E-state index in [9.17, 15) is 9.90 Å². The van der Waals surface area contributed by atoms with Gasteiger partial charge in [0.05, 0.1) is 33.6 Å². The van der Waals surface area contributed by atoms with E-state index in [2.05, 4.69) is 10.2 Å². The summed E-state index contributed by atoms with van der Waals surface area (Å²) in [5.41, 5.74) is 5.94. The number of nitrogens with two attached hydrogens (primary N) is 1. The van der Waals surface area contributed by atoms with Crippen molar-refractivity contribution in [3.8, 4) is 11.5 Å². The van der Waals surface area contributed by atoms with Crippen LogP contribution in [0.4, 0.5) is 0 Å². The summed E-state index contributed by atoms with van der Waals surface area (Å²) in [7, 11) is 3.01. The van der Waals surface area contributed by atoms with Crippen LogP contribution in [0.5, 0.6) is 11.5 Å². The molecule has 3 N–H and O–H groups in total. The van der Waals surface area contributed by atoms with E-state index < -0.39 is 17.5 Å². The number of rotatable bonds is 9. The van der Waals surface area contributed by atoms with Gasteiger partial charge in [-0.15, -0.1) is 5.10 Å². The van der Waals surface area contributed by atoms with E-state index in [0.717, 1.165) is 0 Å². The molecule has 1 rings (SSSR count). The molecule has 142 valence electrons. The number of carbonyl (C=O) groups is 1. The molecule has 0 atom stereocenters. The Morgan fingerprint density at radius 1 is 1.19 bits per heavy atom. The van der Waals surface area contributed by atoms with Crippen LogP contribution in [0.1, 0.15) is 19.4 Å². The number of methoxy groups -OCH3 is 2. The van der Waals surface area contributed by atoms with E-state index in [1.165, 1.54) is 20.4 Å². The van der Waals surface area contributed by atoms with Crippen LogP contribution in [0.15, 0.2) is 39.9 Å². The largest absolute Gasteiger partial charge is 0.493 e. The number of amidine groups is 1. The Hall–Kier alpha value is -3.23. The monoisotopic (exact) mass is 365 g/mol. The Morgan fingerprint density at radius 2 is 1.88 bits per heavy atom. The van der Waals surface area contributed by atoms with Gasteiger partial charge in [-0.05, 0) is 26.0 Å². The zero-order chi connectivity index (χ0) is 19.5. The van der Waals surface area contributed by atoms with Gasteiger partial charge in [-0.1, -0.05) is 6.07 Å². The maximum absolute atomic E-state index is 11.9. The maximum Gasteiger partial charge on any atom is 0.349 e. The normalized spacial score (nSPS) is 12.5. The smallest absolute Gasteiger partial charge is 0.349 e. The molecular weight excluding hydrogens is 342 g/mol. The summed E-state index contributed by atoms with van der Waals surface area (Å²) in [6, 6.07) is 5.21. The van der Waals surface area contributed by atoms with Gasteiger partial charge < -0.3 is 29.8 Å². The second kappa shape index (κ2) is 10.6. The summed E-state index contributed by atoms with van der Waals surface area (Å²) in [6.07, 6.45) is 1.37. The molecule has 0 aliphatic heterocycles. The Morgan fingerprint density at radius 3 is 2.46 bits per heavy atom. The number of aliphatic hydroxyl groups excluding tert-OH is 1. The third-order valence-electron chi connectivity index (χ3n) is 3.03. The van der Waals surface area contributed by atoms with E-state index in [1.807, 2.05) is 0 Å². The minimum Gasteiger partial charge on any atom is -0.493 e. The molecule has 1 aromatic rings. The highest BCUT2D eigenvalue weighted by molar-refractivity contribution is 6.18. The van der Waals surface area contributed by atoms with Crippen LogP contribution >= 0.6 is 0 Å². The van der Waals surface area contributed by atoms with Crippen molar-refractivity contribution in [1.82, 2.24) is 0 Å². The summed E-state index contributed by atoms with van der Waals surface area (Å²) in [6.45, 7) is 3.49. The third kappa shape index (κ3) is 5.40. The number of ether oxygens (including phenoxy) is 4. The van der Waals surface area contributed by atoms with Crippen LogP contribution in [0.2, 0.25) is 0 Å². The average molecular weight is 365 g/mol. The fraction of sp³-hybridized carbons (Fsp3) is 0.353. The van der Waals surface area contributed by atoms with Crippen LogP contribution < -0.4 is 15.2 Å². The number of hydrogen-bond donors (Lipinski definition) is 2. The number of carbonyl (C=O) groups excluding carboxylic acids is 1. The van der Waals surface area contributed by atoms with E-state index in [1.54, 1.807) is 32.0 Å². The number of aliphatic hydroxyl groups is 1. The summed E-state index contributed by atoms with van der Waals surface area (Å²) in [5.74, 6) is -0.914. The number of hydrogen-bond acceptors (Lipinski definition) is 8. The SMILES string of the molecule is CCOC(=O)C(/C(N)=N/N=Cc1cccc(OC)c1OC)=C(/O)OCC. The lowest BCUT2D eigenvalue weighted by Crippen LogP contribution is -2.25. The van der Waals surface area contributed by atoms with Gasteiger partial charge in [0.1, 0.15) is 0 Å². The van der Waals surface area contributed by atoms with E-state index >= 15 is 0 Å². The highest BCUT2D eigenvalue weighted by Gasteiger charge is 2.22. The predicted octanol–water partition coefficient (Wildman–Crippen LogP) is 1.76. The lowest BCUT2D eigenvalue weighted by atomic mass is 10.2. The highest BCUT2D eigenvalue weighted by Crippen LogP contribution is 2.29. The Bertz CT molecular complexity index is 712. The highest BCUT2D eigenvalue weighted by atomic mass is 16.6. The van der Waals surface area contributed by atoms with E-state index in [0.29, 0.717) is 17.1 Å². The lowest BCUT2D eigenvalue weighted by molar-refractivity contribution is -0.138. The first-order valence-electron chi connectivity index (χ1n) is 7.81. The van der Waals surface area contributed by atoms with Crippen molar-refractivity contribution < 1.29 is 28.8 Å². The predicted molar refractivity (Wildman–Crippen MR) is 96.7 cm³/mol. The molecule has 0 spiro atoms. The first-order chi connectivity index (χ1) is 12.5. The molecule has 0 aromatic heterocycles. The fourth-order valence-electron chi connectivity index (χ4n) is 1.93. The quantitative estimate of drug-likeness (QED) is 0.171. The van der Waals surface area contributed by atoms with Gasteiger partial charge in [0.2, 0.25) is 0 Å². The first kappa shape index (κ1) is 20.8. The zero-order valence-corrected chi connectivity index (χ0v) is 15.2. The van der Waals surface area contributed by atoms with Gasteiger partial charge >= 0.3 is 5.97 Å².